The van der Waals surface area contributed by atoms with Gasteiger partial charge in [-0.25, -0.2) is 0 Å². The first-order valence-electron chi connectivity index (χ1n) is 16.9. The predicted molar refractivity (Wildman–Crippen MR) is 193 cm³/mol. The van der Waals surface area contributed by atoms with E-state index >= 15 is 0 Å². The fraction of sp³-hybridized carbons (Fsp3) is 0.333. The number of hydrogen-bond donors (Lipinski definition) is 0. The summed E-state index contributed by atoms with van der Waals surface area (Å²) in [6, 6.07) is 38.0. The van der Waals surface area contributed by atoms with Crippen molar-refractivity contribution in [2.75, 3.05) is 0 Å². The Hall–Kier alpha value is -2.54. The van der Waals surface area contributed by atoms with Crippen LogP contribution in [0.15, 0.2) is 108 Å². The van der Waals surface area contributed by atoms with Gasteiger partial charge in [0.2, 0.25) is 0 Å². The van der Waals surface area contributed by atoms with Gasteiger partial charge in [0.25, 0.3) is 0 Å². The molecule has 0 heterocycles. The molecule has 0 amide bonds. The molecule has 4 aromatic rings. The summed E-state index contributed by atoms with van der Waals surface area (Å²) in [4.78, 5) is 0. The van der Waals surface area contributed by atoms with Gasteiger partial charge in [-0.15, -0.1) is 0 Å². The van der Waals surface area contributed by atoms with Gasteiger partial charge >= 0.3 is 271 Å². The Balaban J connectivity index is 1.78. The van der Waals surface area contributed by atoms with E-state index in [0.29, 0.717) is 19.1 Å². The Morgan fingerprint density at radius 3 is 1.27 bits per heavy atom. The summed E-state index contributed by atoms with van der Waals surface area (Å²) >= 11 is -4.24. The molecular weight excluding hydrogens is 624 g/mol. The van der Waals surface area contributed by atoms with Gasteiger partial charge in [-0.05, 0) is 0 Å². The molecule has 0 aliphatic heterocycles. The third kappa shape index (κ3) is 4.87. The molecule has 0 aromatic heterocycles. The molecule has 2 unspecified atom stereocenters. The van der Waals surface area contributed by atoms with Crippen LogP contribution in [-0.4, -0.2) is 5.92 Å². The normalized spacial score (nSPS) is 18.7. The van der Waals surface area contributed by atoms with Crippen LogP contribution < -0.4 is 0 Å². The molecule has 6 rings (SSSR count). The van der Waals surface area contributed by atoms with E-state index in [4.69, 9.17) is 0 Å². The molecule has 2 aliphatic carbocycles. The van der Waals surface area contributed by atoms with Crippen LogP contribution in [0, 0.1) is 0 Å². The van der Waals surface area contributed by atoms with Crippen LogP contribution in [0.3, 0.4) is 0 Å². The first-order chi connectivity index (χ1) is 21.1. The van der Waals surface area contributed by atoms with E-state index in [1.54, 1.807) is 33.4 Å². The van der Waals surface area contributed by atoms with E-state index in [1.807, 2.05) is 0 Å². The molecule has 0 nitrogen and oxygen atoms in total. The Bertz CT molecular complexity index is 1600. The summed E-state index contributed by atoms with van der Waals surface area (Å²) in [5, 5.41) is 0. The molecule has 0 N–H and O–H groups in total. The monoisotopic (exact) mass is 673 g/mol. The van der Waals surface area contributed by atoms with Gasteiger partial charge in [-0.3, -0.25) is 0 Å². The summed E-state index contributed by atoms with van der Waals surface area (Å²) in [6.45, 7) is 20.0. The molecule has 0 radical (unpaired) electrons. The number of rotatable bonds is 9. The van der Waals surface area contributed by atoms with Gasteiger partial charge in [0.15, 0.2) is 0 Å². The number of allylic oxidation sites excluding steroid dienone is 2. The topological polar surface area (TPSA) is 0 Å². The zero-order chi connectivity index (χ0) is 31.2. The van der Waals surface area contributed by atoms with E-state index < -0.39 is 23.9 Å². The van der Waals surface area contributed by atoms with Crippen LogP contribution >= 0.6 is 0 Å². The van der Waals surface area contributed by atoms with E-state index in [2.05, 4.69) is 164 Å². The van der Waals surface area contributed by atoms with Crippen molar-refractivity contribution in [2.45, 2.75) is 82.0 Å². The quantitative estimate of drug-likeness (QED) is 0.155. The molecule has 0 bridgehead atoms. The maximum atomic E-state index is 2.77. The summed E-state index contributed by atoms with van der Waals surface area (Å²) in [5.41, 5.74) is 15.8. The fourth-order valence-corrected chi connectivity index (χ4v) is 56.6. The van der Waals surface area contributed by atoms with E-state index in [1.165, 1.54) is 30.5 Å². The zero-order valence-corrected chi connectivity index (χ0v) is 31.8. The summed E-state index contributed by atoms with van der Waals surface area (Å²) in [6.07, 6.45) is 5.27. The first-order valence-corrected chi connectivity index (χ1v) is 30.4. The van der Waals surface area contributed by atoms with Crippen LogP contribution in [0.25, 0.3) is 12.2 Å². The Kier molecular flexibility index (Phi) is 8.57. The van der Waals surface area contributed by atoms with Crippen molar-refractivity contribution >= 4 is 18.1 Å². The Morgan fingerprint density at radius 1 is 0.545 bits per heavy atom. The SMILES string of the molecule is CC1=Cc2c(C(C)C)cccc2[CH]1[Zr]([CH2]c1ccccc1)([CH2]c1ccccc1)([CH]1C(C)=Cc2c(C(C)C)cccc21)[SiH](C)C. The van der Waals surface area contributed by atoms with Crippen molar-refractivity contribution in [2.24, 2.45) is 0 Å². The molecule has 2 atom stereocenters. The third-order valence-electron chi connectivity index (χ3n) is 11.8. The van der Waals surface area contributed by atoms with Gasteiger partial charge in [-0.2, -0.15) is 0 Å². The molecule has 0 saturated heterocycles. The molecule has 0 fully saturated rings. The van der Waals surface area contributed by atoms with Gasteiger partial charge in [0.1, 0.15) is 0 Å². The van der Waals surface area contributed by atoms with Crippen LogP contribution in [0.2, 0.25) is 13.1 Å². The molecule has 44 heavy (non-hydrogen) atoms. The standard InChI is InChI=1S/2C13H15.2C7H7.C2H7Si.Zr/c2*1-9(2)12-6-4-5-11-7-10(3)8-13(11)12;2*1-7-5-3-2-4-6-7;1-3-2;/h2*4-9H,1-3H3;2*2-6H,1H2;3H,1-2H3;. The van der Waals surface area contributed by atoms with Crippen LogP contribution in [0.5, 0.6) is 0 Å². The number of fused-ring (bicyclic) bond motifs is 2. The molecule has 4 aromatic carbocycles. The van der Waals surface area contributed by atoms with E-state index in [-0.39, 0.29) is 0 Å². The molecule has 2 heteroatoms. The summed E-state index contributed by atoms with van der Waals surface area (Å²) in [7, 11) is 0. The van der Waals surface area contributed by atoms with E-state index in [9.17, 15) is 0 Å². The molecule has 0 spiro atoms. The molecule has 227 valence electrons. The van der Waals surface area contributed by atoms with Gasteiger partial charge < -0.3 is 0 Å². The fourth-order valence-electron chi connectivity index (χ4n) is 10.0. The van der Waals surface area contributed by atoms with Crippen molar-refractivity contribution in [3.8, 4) is 0 Å². The number of benzene rings is 4. The van der Waals surface area contributed by atoms with Crippen molar-refractivity contribution < 1.29 is 17.9 Å². The second kappa shape index (κ2) is 12.0. The van der Waals surface area contributed by atoms with E-state index in [0.717, 1.165) is 0 Å². The van der Waals surface area contributed by atoms with Gasteiger partial charge in [0.05, 0.1) is 0 Å². The average Bonchev–Trinajstić information content (AvgIpc) is 3.53. The van der Waals surface area contributed by atoms with Crippen molar-refractivity contribution in [3.63, 3.8) is 0 Å². The average molecular weight is 675 g/mol. The van der Waals surface area contributed by atoms with Gasteiger partial charge in [0, 0.05) is 0 Å². The van der Waals surface area contributed by atoms with Crippen molar-refractivity contribution in [3.05, 3.63) is 153 Å². The molecule has 0 saturated carbocycles. The van der Waals surface area contributed by atoms with Crippen LogP contribution in [0.1, 0.15) is 105 Å². The summed E-state index contributed by atoms with van der Waals surface area (Å²) < 4.78 is 3.59. The first kappa shape index (κ1) is 31.4. The van der Waals surface area contributed by atoms with Crippen LogP contribution in [-0.2, 0) is 26.2 Å². The summed E-state index contributed by atoms with van der Waals surface area (Å²) in [5.74, 6) is -0.331. The second-order valence-electron chi connectivity index (χ2n) is 15.1. The zero-order valence-electron chi connectivity index (χ0n) is 28.2. The molecular formula is C42H51SiZr. The molecule has 2 aliphatic rings. The second-order valence-corrected chi connectivity index (χ2v) is 49.0. The maximum absolute atomic E-state index is 4.24. The van der Waals surface area contributed by atoms with Crippen molar-refractivity contribution in [1.82, 2.24) is 0 Å². The van der Waals surface area contributed by atoms with Crippen LogP contribution in [0.4, 0.5) is 0 Å². The predicted octanol–water partition coefficient (Wildman–Crippen LogP) is 11.6. The minimum atomic E-state index is -4.24. The Labute approximate surface area is 269 Å². The minimum absolute atomic E-state index is 0.509. The number of hydrogen-bond acceptors (Lipinski definition) is 0. The van der Waals surface area contributed by atoms with Crippen molar-refractivity contribution in [1.29, 1.82) is 0 Å². The Morgan fingerprint density at radius 2 is 0.932 bits per heavy atom. The third-order valence-corrected chi connectivity index (χ3v) is 60.3. The van der Waals surface area contributed by atoms with Gasteiger partial charge in [-0.1, -0.05) is 0 Å².